The van der Waals surface area contributed by atoms with Crippen LogP contribution < -0.4 is 9.47 Å². The van der Waals surface area contributed by atoms with Crippen LogP contribution in [0.3, 0.4) is 0 Å². The molecule has 0 spiro atoms. The molecule has 0 aliphatic carbocycles. The third-order valence-electron chi connectivity index (χ3n) is 5.94. The molecule has 0 amide bonds. The summed E-state index contributed by atoms with van der Waals surface area (Å²) in [6.45, 7) is 4.09. The number of aromatic carboxylic acids is 1. The SMILES string of the molecule is CCOc1cc2c(cc1OC)C(c1ccc(C(=O)O)c(C)c1)=N[C@@H]1CCS(=O)(=O)C[C@H]21. The quantitative estimate of drug-likeness (QED) is 0.761. The second-order valence-electron chi connectivity index (χ2n) is 7.91. The highest BCUT2D eigenvalue weighted by Crippen LogP contribution is 2.43. The summed E-state index contributed by atoms with van der Waals surface area (Å²) in [5.41, 5.74) is 4.06. The number of benzene rings is 2. The van der Waals surface area contributed by atoms with Crippen LogP contribution >= 0.6 is 0 Å². The van der Waals surface area contributed by atoms with E-state index in [1.54, 1.807) is 26.2 Å². The van der Waals surface area contributed by atoms with Gasteiger partial charge in [-0.25, -0.2) is 13.2 Å². The first-order chi connectivity index (χ1) is 14.7. The van der Waals surface area contributed by atoms with E-state index in [1.165, 1.54) is 0 Å². The molecule has 2 atom stereocenters. The second kappa shape index (κ2) is 8.00. The monoisotopic (exact) mass is 443 g/mol. The maximum atomic E-state index is 12.4. The number of fused-ring (bicyclic) bond motifs is 3. The Labute approximate surface area is 181 Å². The number of hydrogen-bond donors (Lipinski definition) is 1. The Bertz CT molecular complexity index is 1180. The number of carbonyl (C=O) groups is 1. The molecule has 2 aliphatic rings. The van der Waals surface area contributed by atoms with Crippen LogP contribution in [-0.2, 0) is 9.84 Å². The van der Waals surface area contributed by atoms with Crippen LogP contribution in [0.15, 0.2) is 35.3 Å². The molecule has 0 radical (unpaired) electrons. The molecule has 2 aliphatic heterocycles. The van der Waals surface area contributed by atoms with Crippen LogP contribution in [0.4, 0.5) is 0 Å². The fourth-order valence-corrected chi connectivity index (χ4v) is 6.17. The molecule has 2 heterocycles. The number of rotatable bonds is 5. The van der Waals surface area contributed by atoms with Crippen LogP contribution in [0.25, 0.3) is 0 Å². The van der Waals surface area contributed by atoms with Crippen molar-refractivity contribution in [2.24, 2.45) is 4.99 Å². The number of carboxylic acid groups (broad SMARTS) is 1. The number of ether oxygens (including phenoxy) is 2. The largest absolute Gasteiger partial charge is 0.493 e. The van der Waals surface area contributed by atoms with Gasteiger partial charge in [-0.3, -0.25) is 4.99 Å². The highest BCUT2D eigenvalue weighted by molar-refractivity contribution is 7.91. The topological polar surface area (TPSA) is 102 Å². The lowest BCUT2D eigenvalue weighted by Gasteiger charge is -2.35. The van der Waals surface area contributed by atoms with Crippen molar-refractivity contribution in [3.63, 3.8) is 0 Å². The van der Waals surface area contributed by atoms with E-state index in [1.807, 2.05) is 25.1 Å². The lowest BCUT2D eigenvalue weighted by atomic mass is 9.81. The molecule has 31 heavy (non-hydrogen) atoms. The van der Waals surface area contributed by atoms with Crippen molar-refractivity contribution in [2.75, 3.05) is 25.2 Å². The molecule has 0 unspecified atom stereocenters. The van der Waals surface area contributed by atoms with E-state index in [9.17, 15) is 18.3 Å². The van der Waals surface area contributed by atoms with E-state index < -0.39 is 15.8 Å². The van der Waals surface area contributed by atoms with Crippen LogP contribution in [-0.4, -0.2) is 56.5 Å². The number of aliphatic imine (C=N–C) groups is 1. The average molecular weight is 444 g/mol. The van der Waals surface area contributed by atoms with Crippen molar-refractivity contribution in [3.05, 3.63) is 58.1 Å². The first-order valence-corrected chi connectivity index (χ1v) is 12.0. The van der Waals surface area contributed by atoms with Gasteiger partial charge in [0.25, 0.3) is 0 Å². The zero-order chi connectivity index (χ0) is 22.3. The molecule has 1 N–H and O–H groups in total. The fourth-order valence-electron chi connectivity index (χ4n) is 4.45. The first kappa shape index (κ1) is 21.4. The van der Waals surface area contributed by atoms with Crippen molar-refractivity contribution in [3.8, 4) is 11.5 Å². The number of nitrogens with zero attached hydrogens (tertiary/aromatic N) is 1. The molecule has 0 bridgehead atoms. The summed E-state index contributed by atoms with van der Waals surface area (Å²) < 4.78 is 36.0. The molecule has 164 valence electrons. The van der Waals surface area contributed by atoms with Crippen LogP contribution in [0.1, 0.15) is 51.9 Å². The Hall–Kier alpha value is -2.87. The predicted octanol–water partition coefficient (Wildman–Crippen LogP) is 3.22. The predicted molar refractivity (Wildman–Crippen MR) is 118 cm³/mol. The summed E-state index contributed by atoms with van der Waals surface area (Å²) >= 11 is 0. The highest BCUT2D eigenvalue weighted by atomic mass is 32.2. The van der Waals surface area contributed by atoms with Crippen LogP contribution in [0.2, 0.25) is 0 Å². The van der Waals surface area contributed by atoms with Gasteiger partial charge in [-0.2, -0.15) is 0 Å². The normalized spacial score (nSPS) is 21.5. The maximum Gasteiger partial charge on any atom is 0.335 e. The zero-order valence-corrected chi connectivity index (χ0v) is 18.5. The molecule has 1 saturated heterocycles. The van der Waals surface area contributed by atoms with Crippen LogP contribution in [0, 0.1) is 6.92 Å². The van der Waals surface area contributed by atoms with Crippen molar-refractivity contribution < 1.29 is 27.8 Å². The third-order valence-corrected chi connectivity index (χ3v) is 7.66. The van der Waals surface area contributed by atoms with Gasteiger partial charge in [-0.05, 0) is 55.7 Å². The van der Waals surface area contributed by atoms with Gasteiger partial charge in [0, 0.05) is 17.0 Å². The Kier molecular flexibility index (Phi) is 5.51. The van der Waals surface area contributed by atoms with E-state index in [2.05, 4.69) is 0 Å². The van der Waals surface area contributed by atoms with Crippen molar-refractivity contribution in [1.82, 2.24) is 0 Å². The minimum absolute atomic E-state index is 0.0519. The van der Waals surface area contributed by atoms with Gasteiger partial charge in [-0.15, -0.1) is 0 Å². The van der Waals surface area contributed by atoms with Crippen molar-refractivity contribution in [1.29, 1.82) is 0 Å². The van der Waals surface area contributed by atoms with Gasteiger partial charge in [0.05, 0.1) is 42.5 Å². The van der Waals surface area contributed by atoms with E-state index in [0.29, 0.717) is 30.1 Å². The van der Waals surface area contributed by atoms with Crippen molar-refractivity contribution in [2.45, 2.75) is 32.2 Å². The van der Waals surface area contributed by atoms with Gasteiger partial charge in [0.15, 0.2) is 21.3 Å². The standard InChI is InChI=1S/C23H25NO6S/c1-4-30-21-10-16-17(11-20(21)29-3)22(14-5-6-15(23(25)26)13(2)9-14)24-19-7-8-31(27,28)12-18(16)19/h5-6,9-11,18-19H,4,7-8,12H2,1-3H3,(H,25,26)/t18-,19-/m1/s1. The minimum Gasteiger partial charge on any atom is -0.493 e. The van der Waals surface area contributed by atoms with Gasteiger partial charge < -0.3 is 14.6 Å². The molecule has 0 aromatic heterocycles. The van der Waals surface area contributed by atoms with Gasteiger partial charge in [0.1, 0.15) is 0 Å². The van der Waals surface area contributed by atoms with E-state index >= 15 is 0 Å². The molecular weight excluding hydrogens is 418 g/mol. The first-order valence-electron chi connectivity index (χ1n) is 10.2. The smallest absolute Gasteiger partial charge is 0.335 e. The molecule has 2 aromatic carbocycles. The fraction of sp³-hybridized carbons (Fsp3) is 0.391. The second-order valence-corrected chi connectivity index (χ2v) is 10.1. The lowest BCUT2D eigenvalue weighted by molar-refractivity contribution is 0.0696. The van der Waals surface area contributed by atoms with E-state index in [4.69, 9.17) is 14.5 Å². The van der Waals surface area contributed by atoms with E-state index in [0.717, 1.165) is 22.4 Å². The Morgan fingerprint density at radius 3 is 2.65 bits per heavy atom. The van der Waals surface area contributed by atoms with Gasteiger partial charge in [-0.1, -0.05) is 6.07 Å². The number of sulfone groups is 1. The number of hydrogen-bond acceptors (Lipinski definition) is 6. The molecule has 0 saturated carbocycles. The summed E-state index contributed by atoms with van der Waals surface area (Å²) in [6, 6.07) is 8.71. The number of aryl methyl sites for hydroxylation is 1. The van der Waals surface area contributed by atoms with Crippen molar-refractivity contribution >= 4 is 21.5 Å². The molecule has 1 fully saturated rings. The summed E-state index contributed by atoms with van der Waals surface area (Å²) in [5.74, 6) is 0.0632. The number of carboxylic acids is 1. The summed E-state index contributed by atoms with van der Waals surface area (Å²) in [4.78, 5) is 16.4. The third kappa shape index (κ3) is 3.92. The zero-order valence-electron chi connectivity index (χ0n) is 17.7. The van der Waals surface area contributed by atoms with E-state index in [-0.39, 0.29) is 29.0 Å². The Morgan fingerprint density at radius 2 is 2.00 bits per heavy atom. The summed E-state index contributed by atoms with van der Waals surface area (Å²) in [5, 5.41) is 9.36. The van der Waals surface area contributed by atoms with Crippen LogP contribution in [0.5, 0.6) is 11.5 Å². The molecule has 2 aromatic rings. The maximum absolute atomic E-state index is 12.4. The average Bonchev–Trinajstić information content (AvgIpc) is 2.72. The number of methoxy groups -OCH3 is 1. The molecule has 8 heteroatoms. The summed E-state index contributed by atoms with van der Waals surface area (Å²) in [6.07, 6.45) is 0.456. The van der Waals surface area contributed by atoms with Gasteiger partial charge in [0.2, 0.25) is 0 Å². The Morgan fingerprint density at radius 1 is 1.23 bits per heavy atom. The summed E-state index contributed by atoms with van der Waals surface area (Å²) in [7, 11) is -1.59. The Balaban J connectivity index is 1.91. The minimum atomic E-state index is -3.15. The lowest BCUT2D eigenvalue weighted by Crippen LogP contribution is -2.38. The molecular formula is C23H25NO6S. The molecule has 4 rings (SSSR count). The highest BCUT2D eigenvalue weighted by Gasteiger charge is 2.39. The molecule has 7 nitrogen and oxygen atoms in total. The van der Waals surface area contributed by atoms with Gasteiger partial charge >= 0.3 is 5.97 Å².